The highest BCUT2D eigenvalue weighted by molar-refractivity contribution is 6.09. The summed E-state index contributed by atoms with van der Waals surface area (Å²) in [5, 5.41) is 2.71. The van der Waals surface area contributed by atoms with Crippen LogP contribution in [0, 0.1) is 12.8 Å². The molecule has 2 nitrogen and oxygen atoms in total. The third-order valence-electron chi connectivity index (χ3n) is 8.25. The lowest BCUT2D eigenvalue weighted by Crippen LogP contribution is -2.41. The van der Waals surface area contributed by atoms with Crippen molar-refractivity contribution in [2.75, 3.05) is 7.05 Å². The van der Waals surface area contributed by atoms with Crippen LogP contribution >= 0.6 is 0 Å². The predicted octanol–water partition coefficient (Wildman–Crippen LogP) is 7.31. The van der Waals surface area contributed by atoms with Crippen molar-refractivity contribution in [3.63, 3.8) is 0 Å². The molecule has 4 aromatic rings. The number of aromatic nitrogens is 1. The zero-order valence-corrected chi connectivity index (χ0v) is 19.7. The van der Waals surface area contributed by atoms with E-state index >= 15 is 0 Å². The van der Waals surface area contributed by atoms with Crippen LogP contribution in [0.5, 0.6) is 0 Å². The van der Waals surface area contributed by atoms with Crippen LogP contribution in [0.4, 0.5) is 0 Å². The molecule has 1 aromatic heterocycles. The van der Waals surface area contributed by atoms with Gasteiger partial charge in [-0.25, -0.2) is 0 Å². The van der Waals surface area contributed by atoms with Crippen molar-refractivity contribution < 1.29 is 0 Å². The van der Waals surface area contributed by atoms with Gasteiger partial charge in [0.25, 0.3) is 0 Å². The van der Waals surface area contributed by atoms with Gasteiger partial charge in [0.1, 0.15) is 0 Å². The number of hydrogen-bond donors (Lipinski definition) is 0. The Balaban J connectivity index is 1.79. The van der Waals surface area contributed by atoms with E-state index in [0.717, 1.165) is 0 Å². The molecule has 1 fully saturated rings. The average molecular weight is 411 g/mol. The van der Waals surface area contributed by atoms with Gasteiger partial charge in [0.15, 0.2) is 0 Å². The van der Waals surface area contributed by atoms with Crippen LogP contribution in [0.3, 0.4) is 0 Å². The fourth-order valence-corrected chi connectivity index (χ4v) is 6.38. The topological polar surface area (TPSA) is 8.17 Å². The first-order chi connectivity index (χ1) is 14.9. The van der Waals surface area contributed by atoms with Gasteiger partial charge in [0.2, 0.25) is 0 Å². The maximum Gasteiger partial charge on any atom is 0.0543 e. The van der Waals surface area contributed by atoms with Crippen LogP contribution in [0.25, 0.3) is 27.5 Å². The van der Waals surface area contributed by atoms with Crippen molar-refractivity contribution >= 4 is 21.8 Å². The summed E-state index contributed by atoms with van der Waals surface area (Å²) in [7, 11) is 2.31. The Bertz CT molecular complexity index is 1250. The van der Waals surface area contributed by atoms with E-state index in [-0.39, 0.29) is 5.54 Å². The Kier molecular flexibility index (Phi) is 4.75. The summed E-state index contributed by atoms with van der Waals surface area (Å²) in [4.78, 5) is 2.60. The summed E-state index contributed by atoms with van der Waals surface area (Å²) in [5.41, 5.74) is 6.96. The highest BCUT2D eigenvalue weighted by Gasteiger charge is 2.50. The minimum absolute atomic E-state index is 0.207. The predicted molar refractivity (Wildman–Crippen MR) is 133 cm³/mol. The quantitative estimate of drug-likeness (QED) is 0.344. The molecule has 160 valence electrons. The maximum atomic E-state index is 2.60. The van der Waals surface area contributed by atoms with Gasteiger partial charge in [0.05, 0.1) is 11.0 Å². The molecule has 1 saturated heterocycles. The third kappa shape index (κ3) is 2.88. The first-order valence-electron chi connectivity index (χ1n) is 11.7. The molecule has 0 N–H and O–H groups in total. The molecule has 1 aliphatic heterocycles. The smallest absolute Gasteiger partial charge is 0.0543 e. The number of aryl methyl sites for hydroxylation is 1. The molecule has 0 saturated carbocycles. The van der Waals surface area contributed by atoms with Crippen molar-refractivity contribution in [1.29, 1.82) is 0 Å². The Labute approximate surface area is 186 Å². The van der Waals surface area contributed by atoms with Gasteiger partial charge in [-0.3, -0.25) is 4.90 Å². The molecule has 2 heteroatoms. The lowest BCUT2D eigenvalue weighted by Gasteiger charge is -2.34. The second kappa shape index (κ2) is 7.24. The van der Waals surface area contributed by atoms with E-state index in [1.807, 2.05) is 0 Å². The second-order valence-electron chi connectivity index (χ2n) is 9.96. The summed E-state index contributed by atoms with van der Waals surface area (Å²) < 4.78 is 2.42. The van der Waals surface area contributed by atoms with E-state index in [4.69, 9.17) is 0 Å². The molecule has 0 spiro atoms. The zero-order valence-electron chi connectivity index (χ0n) is 19.7. The Morgan fingerprint density at radius 1 is 0.871 bits per heavy atom. The van der Waals surface area contributed by atoms with E-state index in [0.29, 0.717) is 17.9 Å². The SMILES string of the molecule is CCC1C(c2cc3c4ccccc4n(-c4ccccc4)c3cc2C)[C@@H](C)N(C)C1(C)C. The van der Waals surface area contributed by atoms with Gasteiger partial charge < -0.3 is 4.57 Å². The van der Waals surface area contributed by atoms with Crippen molar-refractivity contribution in [3.8, 4) is 5.69 Å². The molecule has 5 rings (SSSR count). The van der Waals surface area contributed by atoms with Crippen LogP contribution < -0.4 is 0 Å². The van der Waals surface area contributed by atoms with E-state index in [1.54, 1.807) is 0 Å². The van der Waals surface area contributed by atoms with Gasteiger partial charge in [-0.15, -0.1) is 0 Å². The van der Waals surface area contributed by atoms with Gasteiger partial charge in [-0.05, 0) is 82.1 Å². The number of benzene rings is 3. The first-order valence-corrected chi connectivity index (χ1v) is 11.7. The number of rotatable bonds is 3. The number of para-hydroxylation sites is 2. The number of nitrogens with zero attached hydrogens (tertiary/aromatic N) is 2. The minimum atomic E-state index is 0.207. The average Bonchev–Trinajstić information content (AvgIpc) is 3.17. The van der Waals surface area contributed by atoms with Crippen LogP contribution in [0.15, 0.2) is 66.7 Å². The summed E-state index contributed by atoms with van der Waals surface area (Å²) in [6.45, 7) is 11.9. The van der Waals surface area contributed by atoms with Gasteiger partial charge in [-0.2, -0.15) is 0 Å². The second-order valence-corrected chi connectivity index (χ2v) is 9.96. The largest absolute Gasteiger partial charge is 0.309 e. The number of likely N-dealkylation sites (N-methyl/N-ethyl adjacent to an activating group) is 1. The molecule has 0 radical (unpaired) electrons. The summed E-state index contributed by atoms with van der Waals surface area (Å²) in [5.74, 6) is 1.19. The number of fused-ring (bicyclic) bond motifs is 3. The lowest BCUT2D eigenvalue weighted by molar-refractivity contribution is 0.145. The molecule has 3 aromatic carbocycles. The van der Waals surface area contributed by atoms with Crippen molar-refractivity contribution in [3.05, 3.63) is 77.9 Å². The highest BCUT2D eigenvalue weighted by Crippen LogP contribution is 2.50. The minimum Gasteiger partial charge on any atom is -0.309 e. The normalized spacial score (nSPS) is 23.7. The fourth-order valence-electron chi connectivity index (χ4n) is 6.38. The number of likely N-dealkylation sites (tertiary alicyclic amines) is 1. The van der Waals surface area contributed by atoms with E-state index in [2.05, 4.69) is 118 Å². The molecule has 0 aliphatic carbocycles. The van der Waals surface area contributed by atoms with Crippen molar-refractivity contribution in [1.82, 2.24) is 9.47 Å². The van der Waals surface area contributed by atoms with Gasteiger partial charge in [0, 0.05) is 34.0 Å². The van der Waals surface area contributed by atoms with Crippen LogP contribution in [-0.4, -0.2) is 28.1 Å². The molecule has 31 heavy (non-hydrogen) atoms. The maximum absolute atomic E-state index is 2.60. The molecule has 0 bridgehead atoms. The van der Waals surface area contributed by atoms with Crippen molar-refractivity contribution in [2.24, 2.45) is 5.92 Å². The van der Waals surface area contributed by atoms with Gasteiger partial charge >= 0.3 is 0 Å². The van der Waals surface area contributed by atoms with Crippen molar-refractivity contribution in [2.45, 2.75) is 58.5 Å². The highest BCUT2D eigenvalue weighted by atomic mass is 15.2. The Hall–Kier alpha value is -2.58. The molecule has 2 unspecified atom stereocenters. The van der Waals surface area contributed by atoms with E-state index < -0.39 is 0 Å². The molecule has 3 atom stereocenters. The van der Waals surface area contributed by atoms with Crippen LogP contribution in [0.1, 0.15) is 51.2 Å². The Morgan fingerprint density at radius 3 is 2.26 bits per heavy atom. The third-order valence-corrected chi connectivity index (χ3v) is 8.25. The summed E-state index contributed by atoms with van der Waals surface area (Å²) in [6.07, 6.45) is 1.20. The van der Waals surface area contributed by atoms with Crippen LogP contribution in [0.2, 0.25) is 0 Å². The fraction of sp³-hybridized carbons (Fsp3) is 0.379. The summed E-state index contributed by atoms with van der Waals surface area (Å²) in [6, 6.07) is 25.1. The van der Waals surface area contributed by atoms with E-state index in [9.17, 15) is 0 Å². The lowest BCUT2D eigenvalue weighted by atomic mass is 9.74. The standard InChI is InChI=1S/C29H34N2/c1-7-25-28(20(3)30(6)29(25,4)5)23-18-24-22-15-11-12-16-26(22)31(27(24)17-19(23)2)21-13-9-8-10-14-21/h8-18,20,25,28H,7H2,1-6H3/t20-,25?,28?/m1/s1. The number of hydrogen-bond acceptors (Lipinski definition) is 1. The molecule has 2 heterocycles. The monoisotopic (exact) mass is 410 g/mol. The molecular formula is C29H34N2. The first kappa shape index (κ1) is 20.3. The molecule has 0 amide bonds. The molecular weight excluding hydrogens is 376 g/mol. The zero-order chi connectivity index (χ0) is 21.9. The van der Waals surface area contributed by atoms with Gasteiger partial charge in [-0.1, -0.05) is 49.7 Å². The summed E-state index contributed by atoms with van der Waals surface area (Å²) >= 11 is 0. The van der Waals surface area contributed by atoms with Crippen LogP contribution in [-0.2, 0) is 0 Å². The molecule has 1 aliphatic rings. The van der Waals surface area contributed by atoms with E-state index in [1.165, 1.54) is 45.0 Å². The Morgan fingerprint density at radius 2 is 1.55 bits per heavy atom.